The Labute approximate surface area is 108 Å². The molecule has 0 bridgehead atoms. The molecule has 1 heterocycles. The first-order valence-corrected chi connectivity index (χ1v) is 5.29. The van der Waals surface area contributed by atoms with E-state index in [2.05, 4.69) is 20.7 Å². The summed E-state index contributed by atoms with van der Waals surface area (Å²) >= 11 is 0. The summed E-state index contributed by atoms with van der Waals surface area (Å²) in [5, 5.41) is 13.7. The molecule has 0 aromatic carbocycles. The lowest BCUT2D eigenvalue weighted by Gasteiger charge is -2.20. The number of carbonyl (C=O) groups excluding carboxylic acids is 1. The van der Waals surface area contributed by atoms with Crippen LogP contribution in [0, 0.1) is 15.5 Å². The van der Waals surface area contributed by atoms with Crippen LogP contribution in [0.5, 0.6) is 0 Å². The average molecular weight is 269 g/mol. The normalized spacial score (nSPS) is 10.9. The predicted octanol–water partition coefficient (Wildman–Crippen LogP) is -0.406. The monoisotopic (exact) mass is 269 g/mol. The maximum atomic E-state index is 11.2. The van der Waals surface area contributed by atoms with Crippen LogP contribution in [0.25, 0.3) is 0 Å². The third kappa shape index (κ3) is 3.25. The Bertz CT molecular complexity index is 503. The molecule has 10 nitrogen and oxygen atoms in total. The molecule has 1 amide bonds. The molecule has 0 fully saturated rings. The van der Waals surface area contributed by atoms with E-state index in [-0.39, 0.29) is 18.2 Å². The summed E-state index contributed by atoms with van der Waals surface area (Å²) in [6.45, 7) is 3.30. The van der Waals surface area contributed by atoms with Crippen molar-refractivity contribution in [2.24, 2.45) is 17.0 Å². The van der Waals surface area contributed by atoms with Gasteiger partial charge in [-0.05, 0) is 13.8 Å². The van der Waals surface area contributed by atoms with E-state index in [9.17, 15) is 14.9 Å². The van der Waals surface area contributed by atoms with Crippen LogP contribution in [0.1, 0.15) is 13.8 Å². The molecule has 10 heteroatoms. The number of hydrazine groups is 1. The van der Waals surface area contributed by atoms with Crippen molar-refractivity contribution in [3.63, 3.8) is 0 Å². The first-order chi connectivity index (χ1) is 8.79. The highest BCUT2D eigenvalue weighted by Crippen LogP contribution is 2.28. The van der Waals surface area contributed by atoms with Crippen molar-refractivity contribution in [2.75, 3.05) is 17.3 Å². The molecular formula is C9H15N7O3. The van der Waals surface area contributed by atoms with Gasteiger partial charge in [0.2, 0.25) is 17.5 Å². The number of anilines is 2. The van der Waals surface area contributed by atoms with Crippen molar-refractivity contribution in [1.82, 2.24) is 9.97 Å². The molecule has 0 atom stereocenters. The number of hydrogen-bond donors (Lipinski definition) is 4. The van der Waals surface area contributed by atoms with Crippen molar-refractivity contribution in [2.45, 2.75) is 13.8 Å². The minimum Gasteiger partial charge on any atom is -0.369 e. The number of hydrogen-bond acceptors (Lipinski definition) is 8. The zero-order valence-electron chi connectivity index (χ0n) is 10.5. The number of nitrogens with two attached hydrogens (primary N) is 2. The van der Waals surface area contributed by atoms with Gasteiger partial charge in [-0.15, -0.1) is 0 Å². The summed E-state index contributed by atoms with van der Waals surface area (Å²) in [5.41, 5.74) is 6.05. The second kappa shape index (κ2) is 5.44. The molecule has 0 radical (unpaired) electrons. The lowest BCUT2D eigenvalue weighted by atomic mass is 9.93. The highest BCUT2D eigenvalue weighted by Gasteiger charge is 2.28. The van der Waals surface area contributed by atoms with Crippen LogP contribution in [-0.2, 0) is 4.79 Å². The van der Waals surface area contributed by atoms with Crippen molar-refractivity contribution < 1.29 is 9.72 Å². The Morgan fingerprint density at radius 2 is 2.05 bits per heavy atom. The Balaban J connectivity index is 3.02. The zero-order chi connectivity index (χ0) is 14.6. The standard InChI is InChI=1S/C9H15N7O3/c1-9(2,8(10)17)3-12-6-5(16(18)19)7(15-11)14-4-13-6/h4H,3,11H2,1-2H3,(H2,10,17)(H2,12,13,14,15). The van der Waals surface area contributed by atoms with Gasteiger partial charge in [0.05, 0.1) is 10.3 Å². The van der Waals surface area contributed by atoms with Crippen LogP contribution in [0.3, 0.4) is 0 Å². The lowest BCUT2D eigenvalue weighted by Crippen LogP contribution is -2.37. The summed E-state index contributed by atoms with van der Waals surface area (Å²) < 4.78 is 0. The van der Waals surface area contributed by atoms with Crippen LogP contribution < -0.4 is 22.3 Å². The minimum atomic E-state index is -0.880. The van der Waals surface area contributed by atoms with E-state index < -0.39 is 21.9 Å². The van der Waals surface area contributed by atoms with Crippen LogP contribution in [-0.4, -0.2) is 27.3 Å². The van der Waals surface area contributed by atoms with Gasteiger partial charge in [0.15, 0.2) is 0 Å². The maximum Gasteiger partial charge on any atom is 0.354 e. The van der Waals surface area contributed by atoms with Crippen molar-refractivity contribution in [1.29, 1.82) is 0 Å². The number of primary amides is 1. The molecule has 0 unspecified atom stereocenters. The lowest BCUT2D eigenvalue weighted by molar-refractivity contribution is -0.383. The van der Waals surface area contributed by atoms with E-state index in [1.807, 2.05) is 0 Å². The van der Waals surface area contributed by atoms with Gasteiger partial charge in [-0.1, -0.05) is 0 Å². The van der Waals surface area contributed by atoms with Gasteiger partial charge in [0.1, 0.15) is 6.33 Å². The summed E-state index contributed by atoms with van der Waals surface area (Å²) in [6.07, 6.45) is 1.11. The Hall–Kier alpha value is -2.49. The molecule has 0 saturated carbocycles. The minimum absolute atomic E-state index is 0.0396. The summed E-state index contributed by atoms with van der Waals surface area (Å²) in [6, 6.07) is 0. The van der Waals surface area contributed by atoms with Crippen LogP contribution in [0.4, 0.5) is 17.3 Å². The molecule has 19 heavy (non-hydrogen) atoms. The average Bonchev–Trinajstić information content (AvgIpc) is 2.35. The molecule has 1 aromatic rings. The summed E-state index contributed by atoms with van der Waals surface area (Å²) in [5.74, 6) is 4.44. The highest BCUT2D eigenvalue weighted by molar-refractivity contribution is 5.81. The second-order valence-electron chi connectivity index (χ2n) is 4.42. The molecular weight excluding hydrogens is 254 g/mol. The Kier molecular flexibility index (Phi) is 4.17. The molecule has 0 saturated heterocycles. The Morgan fingerprint density at radius 1 is 1.47 bits per heavy atom. The predicted molar refractivity (Wildman–Crippen MR) is 68.0 cm³/mol. The number of rotatable bonds is 6. The first-order valence-electron chi connectivity index (χ1n) is 5.29. The molecule has 1 rings (SSSR count). The molecule has 1 aromatic heterocycles. The third-order valence-corrected chi connectivity index (χ3v) is 2.51. The molecule has 104 valence electrons. The van der Waals surface area contributed by atoms with Gasteiger partial charge < -0.3 is 16.5 Å². The maximum absolute atomic E-state index is 11.2. The molecule has 0 spiro atoms. The van der Waals surface area contributed by atoms with E-state index >= 15 is 0 Å². The number of aromatic nitrogens is 2. The van der Waals surface area contributed by atoms with E-state index in [0.717, 1.165) is 6.33 Å². The highest BCUT2D eigenvalue weighted by atomic mass is 16.6. The van der Waals surface area contributed by atoms with Crippen LogP contribution in [0.15, 0.2) is 6.33 Å². The van der Waals surface area contributed by atoms with Gasteiger partial charge in [-0.25, -0.2) is 15.8 Å². The quantitative estimate of drug-likeness (QED) is 0.308. The molecule has 0 aliphatic rings. The van der Waals surface area contributed by atoms with E-state index in [1.165, 1.54) is 0 Å². The number of nitro groups is 1. The summed E-state index contributed by atoms with van der Waals surface area (Å²) in [7, 11) is 0. The van der Waals surface area contributed by atoms with Crippen molar-refractivity contribution >= 4 is 23.2 Å². The second-order valence-corrected chi connectivity index (χ2v) is 4.42. The smallest absolute Gasteiger partial charge is 0.354 e. The van der Waals surface area contributed by atoms with Gasteiger partial charge >= 0.3 is 5.69 Å². The molecule has 6 N–H and O–H groups in total. The van der Waals surface area contributed by atoms with Crippen LogP contribution >= 0.6 is 0 Å². The van der Waals surface area contributed by atoms with Gasteiger partial charge in [-0.3, -0.25) is 14.9 Å². The number of nitrogens with one attached hydrogen (secondary N) is 2. The fourth-order valence-corrected chi connectivity index (χ4v) is 1.18. The Morgan fingerprint density at radius 3 is 2.53 bits per heavy atom. The van der Waals surface area contributed by atoms with Gasteiger partial charge in [0.25, 0.3) is 0 Å². The largest absolute Gasteiger partial charge is 0.369 e. The SMILES string of the molecule is CC(C)(CNc1ncnc(NN)c1[N+](=O)[O-])C(N)=O. The van der Waals surface area contributed by atoms with Crippen LogP contribution in [0.2, 0.25) is 0 Å². The van der Waals surface area contributed by atoms with Crippen molar-refractivity contribution in [3.8, 4) is 0 Å². The zero-order valence-corrected chi connectivity index (χ0v) is 10.5. The van der Waals surface area contributed by atoms with E-state index in [1.54, 1.807) is 13.8 Å². The fraction of sp³-hybridized carbons (Fsp3) is 0.444. The number of amides is 1. The molecule has 0 aliphatic heterocycles. The van der Waals surface area contributed by atoms with E-state index in [0.29, 0.717) is 0 Å². The summed E-state index contributed by atoms with van der Waals surface area (Å²) in [4.78, 5) is 28.9. The fourth-order valence-electron chi connectivity index (χ4n) is 1.18. The third-order valence-electron chi connectivity index (χ3n) is 2.51. The number of carbonyl (C=O) groups is 1. The number of nitrogen functional groups attached to an aromatic ring is 1. The number of nitrogens with zero attached hydrogens (tertiary/aromatic N) is 3. The first kappa shape index (κ1) is 14.6. The van der Waals surface area contributed by atoms with Gasteiger partial charge in [0, 0.05) is 6.54 Å². The van der Waals surface area contributed by atoms with Crippen molar-refractivity contribution in [3.05, 3.63) is 16.4 Å². The van der Waals surface area contributed by atoms with Gasteiger partial charge in [-0.2, -0.15) is 0 Å². The van der Waals surface area contributed by atoms with E-state index in [4.69, 9.17) is 11.6 Å². The molecule has 0 aliphatic carbocycles. The topological polar surface area (TPSA) is 162 Å².